The van der Waals surface area contributed by atoms with Crippen molar-refractivity contribution in [2.75, 3.05) is 13.2 Å². The lowest BCUT2D eigenvalue weighted by atomic mass is 9.80. The Hall–Kier alpha value is -3.12. The zero-order valence-electron chi connectivity index (χ0n) is 31.8. The highest BCUT2D eigenvalue weighted by Crippen LogP contribution is 2.33. The standard InChI is InChI=1S/C23H32F2O.C22H30F2O/c1-3-5-6-7-8-18-9-11-19(12-10-18)13-14-20-15-16-21(26-17-4-2)23(25)22(20)24;1-3-5-6-7-17-8-10-18(11-9-17)12-13-19-14-15-20(25-16-4-2)22(24)21(19)23/h15-16,18-19H,3-12,17H2,1-2H3;14-15,17-18H,3-11,16H2,1-2H3. The van der Waals surface area contributed by atoms with Gasteiger partial charge < -0.3 is 9.47 Å². The van der Waals surface area contributed by atoms with Crippen molar-refractivity contribution in [1.29, 1.82) is 0 Å². The molecule has 0 aliphatic heterocycles. The minimum Gasteiger partial charge on any atom is -0.490 e. The smallest absolute Gasteiger partial charge is 0.201 e. The van der Waals surface area contributed by atoms with Gasteiger partial charge in [-0.15, -0.1) is 0 Å². The van der Waals surface area contributed by atoms with Gasteiger partial charge in [-0.3, -0.25) is 0 Å². The van der Waals surface area contributed by atoms with Crippen LogP contribution in [0.25, 0.3) is 0 Å². The van der Waals surface area contributed by atoms with E-state index in [1.165, 1.54) is 108 Å². The molecule has 2 nitrogen and oxygen atoms in total. The molecule has 0 N–H and O–H groups in total. The molecule has 2 aliphatic carbocycles. The van der Waals surface area contributed by atoms with Gasteiger partial charge in [0.1, 0.15) is 0 Å². The van der Waals surface area contributed by atoms with Crippen LogP contribution in [0.15, 0.2) is 24.3 Å². The van der Waals surface area contributed by atoms with Gasteiger partial charge in [0.05, 0.1) is 24.3 Å². The lowest BCUT2D eigenvalue weighted by molar-refractivity contribution is 0.294. The van der Waals surface area contributed by atoms with E-state index in [0.717, 1.165) is 50.4 Å². The maximum Gasteiger partial charge on any atom is 0.201 e. The van der Waals surface area contributed by atoms with E-state index in [2.05, 4.69) is 37.5 Å². The van der Waals surface area contributed by atoms with Crippen LogP contribution in [0.3, 0.4) is 0 Å². The molecule has 4 rings (SSSR count). The maximum absolute atomic E-state index is 14.2. The highest BCUT2D eigenvalue weighted by atomic mass is 19.2. The fraction of sp³-hybridized carbons (Fsp3) is 0.644. The highest BCUT2D eigenvalue weighted by molar-refractivity contribution is 5.42. The van der Waals surface area contributed by atoms with Crippen LogP contribution in [0.1, 0.15) is 161 Å². The quantitative estimate of drug-likeness (QED) is 0.104. The minimum absolute atomic E-state index is 0.0292. The average Bonchev–Trinajstić information content (AvgIpc) is 3.15. The Balaban J connectivity index is 0.000000276. The van der Waals surface area contributed by atoms with Crippen molar-refractivity contribution in [2.45, 2.75) is 150 Å². The average molecular weight is 711 g/mol. The summed E-state index contributed by atoms with van der Waals surface area (Å²) in [6.45, 7) is 9.08. The summed E-state index contributed by atoms with van der Waals surface area (Å²) in [4.78, 5) is 0. The lowest BCUT2D eigenvalue weighted by Crippen LogP contribution is -2.13. The Morgan fingerprint density at radius 3 is 1.27 bits per heavy atom. The molecule has 0 unspecified atom stereocenters. The first kappa shape index (κ1) is 42.3. The molecular weight excluding hydrogens is 648 g/mol. The van der Waals surface area contributed by atoms with E-state index in [4.69, 9.17) is 9.47 Å². The fourth-order valence-corrected chi connectivity index (χ4v) is 7.00. The summed E-state index contributed by atoms with van der Waals surface area (Å²) < 4.78 is 66.7. The predicted octanol–water partition coefficient (Wildman–Crippen LogP) is 13.4. The number of unbranched alkanes of at least 4 members (excludes halogenated alkanes) is 5. The van der Waals surface area contributed by atoms with Crippen molar-refractivity contribution < 1.29 is 27.0 Å². The molecule has 0 saturated heterocycles. The van der Waals surface area contributed by atoms with Gasteiger partial charge in [-0.05, 0) is 100 Å². The Morgan fingerprint density at radius 1 is 0.490 bits per heavy atom. The number of hydrogen-bond donors (Lipinski definition) is 0. The van der Waals surface area contributed by atoms with Crippen LogP contribution in [-0.2, 0) is 0 Å². The SMILES string of the molecule is CCCCCC1CCC(C#Cc2ccc(OCCC)c(F)c2F)CC1.CCCCCCC1CCC(C#Cc2ccc(OCCC)c(F)c2F)CC1. The minimum atomic E-state index is -0.931. The van der Waals surface area contributed by atoms with Gasteiger partial charge in [0, 0.05) is 11.8 Å². The molecule has 0 amide bonds. The number of rotatable bonds is 15. The molecule has 2 saturated carbocycles. The van der Waals surface area contributed by atoms with Gasteiger partial charge in [0.25, 0.3) is 0 Å². The van der Waals surface area contributed by atoms with E-state index < -0.39 is 23.3 Å². The normalized spacial score (nSPS) is 19.8. The zero-order valence-corrected chi connectivity index (χ0v) is 31.8. The monoisotopic (exact) mass is 710 g/mol. The van der Waals surface area contributed by atoms with Crippen molar-refractivity contribution in [2.24, 2.45) is 23.7 Å². The van der Waals surface area contributed by atoms with E-state index in [-0.39, 0.29) is 22.6 Å². The van der Waals surface area contributed by atoms with Gasteiger partial charge in [-0.1, -0.05) is 109 Å². The largest absolute Gasteiger partial charge is 0.490 e. The Morgan fingerprint density at radius 2 is 0.882 bits per heavy atom. The fourth-order valence-electron chi connectivity index (χ4n) is 7.00. The van der Waals surface area contributed by atoms with E-state index in [0.29, 0.717) is 25.0 Å². The van der Waals surface area contributed by atoms with Crippen molar-refractivity contribution in [3.05, 3.63) is 58.7 Å². The highest BCUT2D eigenvalue weighted by Gasteiger charge is 2.21. The first-order valence-corrected chi connectivity index (χ1v) is 20.1. The molecule has 282 valence electrons. The summed E-state index contributed by atoms with van der Waals surface area (Å²) >= 11 is 0. The van der Waals surface area contributed by atoms with Gasteiger partial charge in [0.15, 0.2) is 23.1 Å². The van der Waals surface area contributed by atoms with Crippen molar-refractivity contribution in [3.8, 4) is 35.2 Å². The molecule has 0 radical (unpaired) electrons. The summed E-state index contributed by atoms with van der Waals surface area (Å²) in [7, 11) is 0. The maximum atomic E-state index is 14.2. The van der Waals surface area contributed by atoms with Crippen LogP contribution in [0, 0.1) is 70.6 Å². The molecule has 0 atom stereocenters. The molecule has 2 fully saturated rings. The van der Waals surface area contributed by atoms with E-state index >= 15 is 0 Å². The molecule has 2 aromatic rings. The molecule has 2 aliphatic rings. The Kier molecular flexibility index (Phi) is 20.1. The van der Waals surface area contributed by atoms with Crippen molar-refractivity contribution in [1.82, 2.24) is 0 Å². The second-order valence-electron chi connectivity index (χ2n) is 14.5. The predicted molar refractivity (Wildman–Crippen MR) is 202 cm³/mol. The molecule has 2 aromatic carbocycles. The lowest BCUT2D eigenvalue weighted by Gasteiger charge is -2.25. The molecule has 0 spiro atoms. The summed E-state index contributed by atoms with van der Waals surface area (Å²) in [6.07, 6.45) is 22.5. The van der Waals surface area contributed by atoms with Crippen LogP contribution < -0.4 is 9.47 Å². The molecule has 6 heteroatoms. The van der Waals surface area contributed by atoms with Gasteiger partial charge in [-0.25, -0.2) is 8.78 Å². The summed E-state index contributed by atoms with van der Waals surface area (Å²) in [5.74, 6) is 10.6. The summed E-state index contributed by atoms with van der Waals surface area (Å²) in [5.41, 5.74) is 0.263. The second-order valence-corrected chi connectivity index (χ2v) is 14.5. The van der Waals surface area contributed by atoms with Crippen LogP contribution in [-0.4, -0.2) is 13.2 Å². The third-order valence-electron chi connectivity index (χ3n) is 10.2. The van der Waals surface area contributed by atoms with E-state index in [9.17, 15) is 17.6 Å². The zero-order chi connectivity index (χ0) is 36.8. The molecule has 0 heterocycles. The Bertz CT molecular complexity index is 1420. The molecule has 0 bridgehead atoms. The van der Waals surface area contributed by atoms with Gasteiger partial charge in [-0.2, -0.15) is 8.78 Å². The van der Waals surface area contributed by atoms with Crippen LogP contribution >= 0.6 is 0 Å². The number of benzene rings is 2. The van der Waals surface area contributed by atoms with Crippen molar-refractivity contribution in [3.63, 3.8) is 0 Å². The number of ether oxygens (including phenoxy) is 2. The third kappa shape index (κ3) is 14.8. The third-order valence-corrected chi connectivity index (χ3v) is 10.2. The molecule has 51 heavy (non-hydrogen) atoms. The second kappa shape index (κ2) is 24.2. The van der Waals surface area contributed by atoms with Gasteiger partial charge >= 0.3 is 0 Å². The van der Waals surface area contributed by atoms with Crippen LogP contribution in [0.2, 0.25) is 0 Å². The van der Waals surface area contributed by atoms with E-state index in [1.807, 2.05) is 13.8 Å². The number of hydrogen-bond acceptors (Lipinski definition) is 2. The summed E-state index contributed by atoms with van der Waals surface area (Å²) in [5, 5.41) is 0. The first-order valence-electron chi connectivity index (χ1n) is 20.1. The van der Waals surface area contributed by atoms with Gasteiger partial charge in [0.2, 0.25) is 11.6 Å². The van der Waals surface area contributed by atoms with Crippen LogP contribution in [0.5, 0.6) is 11.5 Å². The van der Waals surface area contributed by atoms with Crippen LogP contribution in [0.4, 0.5) is 17.6 Å². The first-order chi connectivity index (χ1) is 24.8. The van der Waals surface area contributed by atoms with E-state index in [1.54, 1.807) is 0 Å². The molecular formula is C45H62F4O2. The topological polar surface area (TPSA) is 18.5 Å². The molecule has 0 aromatic heterocycles. The summed E-state index contributed by atoms with van der Waals surface area (Å²) in [6, 6.07) is 6.00. The number of halogens is 4. The van der Waals surface area contributed by atoms with Crippen molar-refractivity contribution >= 4 is 0 Å². The Labute approximate surface area is 306 Å².